The van der Waals surface area contributed by atoms with Crippen LogP contribution in [0.4, 0.5) is 0 Å². The molecular formula is C11H19N5S. The van der Waals surface area contributed by atoms with Gasteiger partial charge in [0.05, 0.1) is 6.07 Å². The molecule has 94 valence electrons. The minimum atomic E-state index is -0.470. The van der Waals surface area contributed by atoms with Crippen molar-refractivity contribution in [3.63, 3.8) is 0 Å². The van der Waals surface area contributed by atoms with Gasteiger partial charge in [-0.15, -0.1) is 0 Å². The lowest BCUT2D eigenvalue weighted by molar-refractivity contribution is 0.418. The summed E-state index contributed by atoms with van der Waals surface area (Å²) in [6.45, 7) is 7.00. The minimum absolute atomic E-state index is 0.303. The highest BCUT2D eigenvalue weighted by Crippen LogP contribution is 2.25. The van der Waals surface area contributed by atoms with Crippen LogP contribution in [0.15, 0.2) is 11.5 Å². The summed E-state index contributed by atoms with van der Waals surface area (Å²) in [5.41, 5.74) is -0.470. The van der Waals surface area contributed by atoms with Gasteiger partial charge in [0.2, 0.25) is 0 Å². The van der Waals surface area contributed by atoms with Crippen LogP contribution in [0.5, 0.6) is 0 Å². The Bertz CT molecular complexity index is 358. The number of nitrogens with zero attached hydrogens (tertiary/aromatic N) is 3. The third-order valence-electron chi connectivity index (χ3n) is 2.41. The molecule has 6 heteroatoms. The van der Waals surface area contributed by atoms with E-state index < -0.39 is 5.54 Å². The molecular weight excluding hydrogens is 234 g/mol. The molecule has 1 aromatic rings. The Hall–Kier alpha value is -1.06. The molecule has 5 nitrogen and oxygen atoms in total. The molecule has 0 spiro atoms. The lowest BCUT2D eigenvalue weighted by Gasteiger charge is -2.25. The Morgan fingerprint density at radius 3 is 3.00 bits per heavy atom. The summed E-state index contributed by atoms with van der Waals surface area (Å²) >= 11 is 1.61. The van der Waals surface area contributed by atoms with E-state index in [9.17, 15) is 5.26 Å². The molecule has 2 atom stereocenters. The van der Waals surface area contributed by atoms with Crippen molar-refractivity contribution >= 4 is 11.8 Å². The standard InChI is InChI=1S/C11H19N5S/c1-4-5-14-11(3,7-12)6-9(2)17-10-13-8-15-16-10/h8-9,14H,4-6H2,1-3H3,(H,13,15,16). The molecule has 0 aliphatic rings. The molecule has 0 radical (unpaired) electrons. The summed E-state index contributed by atoms with van der Waals surface area (Å²) in [5, 5.41) is 20.2. The van der Waals surface area contributed by atoms with Crippen molar-refractivity contribution in [2.24, 2.45) is 0 Å². The largest absolute Gasteiger partial charge is 0.300 e. The lowest BCUT2D eigenvalue weighted by atomic mass is 9.98. The molecule has 0 bridgehead atoms. The van der Waals surface area contributed by atoms with E-state index in [1.54, 1.807) is 11.8 Å². The highest BCUT2D eigenvalue weighted by Gasteiger charge is 2.26. The van der Waals surface area contributed by atoms with E-state index in [2.05, 4.69) is 40.4 Å². The van der Waals surface area contributed by atoms with Crippen LogP contribution in [-0.4, -0.2) is 32.5 Å². The van der Waals surface area contributed by atoms with Gasteiger partial charge in [0.25, 0.3) is 0 Å². The van der Waals surface area contributed by atoms with Gasteiger partial charge in [0.15, 0.2) is 5.16 Å². The van der Waals surface area contributed by atoms with Crippen molar-refractivity contribution < 1.29 is 0 Å². The van der Waals surface area contributed by atoms with Gasteiger partial charge in [0, 0.05) is 5.25 Å². The van der Waals surface area contributed by atoms with Crippen molar-refractivity contribution in [3.8, 4) is 6.07 Å². The van der Waals surface area contributed by atoms with Crippen LogP contribution >= 0.6 is 11.8 Å². The van der Waals surface area contributed by atoms with Crippen LogP contribution in [-0.2, 0) is 0 Å². The van der Waals surface area contributed by atoms with Gasteiger partial charge in [-0.25, -0.2) is 4.98 Å². The van der Waals surface area contributed by atoms with E-state index in [0.717, 1.165) is 24.5 Å². The monoisotopic (exact) mass is 253 g/mol. The van der Waals surface area contributed by atoms with E-state index >= 15 is 0 Å². The first-order valence-electron chi connectivity index (χ1n) is 5.78. The SMILES string of the molecule is CCCNC(C)(C#N)CC(C)Sc1ncn[nH]1. The third-order valence-corrected chi connectivity index (χ3v) is 3.40. The molecule has 1 rings (SSSR count). The summed E-state index contributed by atoms with van der Waals surface area (Å²) in [5.74, 6) is 0. The summed E-state index contributed by atoms with van der Waals surface area (Å²) in [6, 6.07) is 2.35. The first kappa shape index (κ1) is 14.0. The zero-order valence-electron chi connectivity index (χ0n) is 10.5. The van der Waals surface area contributed by atoms with Crippen molar-refractivity contribution in [2.45, 2.75) is 49.6 Å². The van der Waals surface area contributed by atoms with Gasteiger partial charge in [-0.2, -0.15) is 10.4 Å². The van der Waals surface area contributed by atoms with Gasteiger partial charge in [-0.05, 0) is 26.3 Å². The van der Waals surface area contributed by atoms with Crippen LogP contribution in [0.2, 0.25) is 0 Å². The van der Waals surface area contributed by atoms with E-state index in [-0.39, 0.29) is 0 Å². The zero-order chi connectivity index (χ0) is 12.7. The van der Waals surface area contributed by atoms with Gasteiger partial charge < -0.3 is 0 Å². The minimum Gasteiger partial charge on any atom is -0.300 e. The van der Waals surface area contributed by atoms with Crippen molar-refractivity contribution in [1.82, 2.24) is 20.5 Å². The number of nitriles is 1. The first-order chi connectivity index (χ1) is 8.09. The average molecular weight is 253 g/mol. The normalized spacial score (nSPS) is 16.1. The van der Waals surface area contributed by atoms with Crippen LogP contribution in [0.1, 0.15) is 33.6 Å². The van der Waals surface area contributed by atoms with E-state index in [1.165, 1.54) is 6.33 Å². The maximum atomic E-state index is 9.23. The number of aromatic nitrogens is 3. The van der Waals surface area contributed by atoms with E-state index in [1.807, 2.05) is 6.92 Å². The average Bonchev–Trinajstić information content (AvgIpc) is 2.79. The van der Waals surface area contributed by atoms with E-state index in [0.29, 0.717) is 5.25 Å². The molecule has 0 saturated carbocycles. The highest BCUT2D eigenvalue weighted by atomic mass is 32.2. The predicted molar refractivity (Wildman–Crippen MR) is 68.6 cm³/mol. The summed E-state index contributed by atoms with van der Waals surface area (Å²) in [4.78, 5) is 4.07. The molecule has 0 saturated heterocycles. The Kier molecular flexibility index (Phi) is 5.45. The number of H-pyrrole nitrogens is 1. The molecule has 0 aromatic carbocycles. The molecule has 2 unspecified atom stereocenters. The fraction of sp³-hybridized carbons (Fsp3) is 0.727. The van der Waals surface area contributed by atoms with Gasteiger partial charge in [-0.3, -0.25) is 10.4 Å². The second-order valence-corrected chi connectivity index (χ2v) is 5.72. The number of hydrogen-bond donors (Lipinski definition) is 2. The van der Waals surface area contributed by atoms with Gasteiger partial charge >= 0.3 is 0 Å². The molecule has 0 fully saturated rings. The second-order valence-electron chi connectivity index (χ2n) is 4.29. The lowest BCUT2D eigenvalue weighted by Crippen LogP contribution is -2.43. The molecule has 1 heterocycles. The molecule has 1 aromatic heterocycles. The molecule has 0 aliphatic heterocycles. The topological polar surface area (TPSA) is 77.4 Å². The molecule has 17 heavy (non-hydrogen) atoms. The predicted octanol–water partition coefficient (Wildman–Crippen LogP) is 1.96. The summed E-state index contributed by atoms with van der Waals surface area (Å²) < 4.78 is 0. The highest BCUT2D eigenvalue weighted by molar-refractivity contribution is 7.99. The van der Waals surface area contributed by atoms with Crippen molar-refractivity contribution in [2.75, 3.05) is 6.54 Å². The Morgan fingerprint density at radius 1 is 1.71 bits per heavy atom. The molecule has 0 aliphatic carbocycles. The van der Waals surface area contributed by atoms with Gasteiger partial charge in [0.1, 0.15) is 11.9 Å². The van der Waals surface area contributed by atoms with E-state index in [4.69, 9.17) is 0 Å². The number of aromatic amines is 1. The smallest absolute Gasteiger partial charge is 0.183 e. The molecule has 0 amide bonds. The van der Waals surface area contributed by atoms with Crippen LogP contribution in [0.25, 0.3) is 0 Å². The quantitative estimate of drug-likeness (QED) is 0.726. The van der Waals surface area contributed by atoms with Gasteiger partial charge in [-0.1, -0.05) is 25.6 Å². The Balaban J connectivity index is 2.47. The number of nitrogens with one attached hydrogen (secondary N) is 2. The maximum absolute atomic E-state index is 9.23. The summed E-state index contributed by atoms with van der Waals surface area (Å²) in [7, 11) is 0. The fourth-order valence-electron chi connectivity index (χ4n) is 1.62. The third kappa shape index (κ3) is 4.75. The van der Waals surface area contributed by atoms with Crippen LogP contribution in [0.3, 0.4) is 0 Å². The fourth-order valence-corrected chi connectivity index (χ4v) is 2.63. The first-order valence-corrected chi connectivity index (χ1v) is 6.66. The van der Waals surface area contributed by atoms with Crippen LogP contribution in [0, 0.1) is 11.3 Å². The zero-order valence-corrected chi connectivity index (χ0v) is 11.3. The van der Waals surface area contributed by atoms with Crippen LogP contribution < -0.4 is 5.32 Å². The number of thioether (sulfide) groups is 1. The van der Waals surface area contributed by atoms with Crippen molar-refractivity contribution in [1.29, 1.82) is 5.26 Å². The maximum Gasteiger partial charge on any atom is 0.183 e. The second kappa shape index (κ2) is 6.62. The Morgan fingerprint density at radius 2 is 2.47 bits per heavy atom. The number of hydrogen-bond acceptors (Lipinski definition) is 5. The Labute approximate surface area is 106 Å². The summed E-state index contributed by atoms with van der Waals surface area (Å²) in [6.07, 6.45) is 3.30. The molecule has 2 N–H and O–H groups in total. The van der Waals surface area contributed by atoms with Crippen molar-refractivity contribution in [3.05, 3.63) is 6.33 Å². The number of rotatable bonds is 7.